The van der Waals surface area contributed by atoms with Crippen molar-refractivity contribution in [2.45, 2.75) is 20.4 Å². The van der Waals surface area contributed by atoms with Gasteiger partial charge >= 0.3 is 0 Å². The fourth-order valence-corrected chi connectivity index (χ4v) is 1.81. The SMILES string of the molecule is CC.COc1ccc(CNc2cccc(O)c2)c(OC)c1.O=C(Cl)CCl. The maximum Gasteiger partial charge on any atom is 0.236 e. The van der Waals surface area contributed by atoms with Gasteiger partial charge in [-0.2, -0.15) is 0 Å². The highest BCUT2D eigenvalue weighted by Gasteiger charge is 2.05. The van der Waals surface area contributed by atoms with Crippen LogP contribution in [-0.4, -0.2) is 30.4 Å². The Bertz CT molecular complexity index is 666. The van der Waals surface area contributed by atoms with Crippen molar-refractivity contribution >= 4 is 34.1 Å². The first-order valence-electron chi connectivity index (χ1n) is 7.98. The summed E-state index contributed by atoms with van der Waals surface area (Å²) in [6, 6.07) is 12.7. The van der Waals surface area contributed by atoms with Crippen molar-refractivity contribution in [1.29, 1.82) is 0 Å². The summed E-state index contributed by atoms with van der Waals surface area (Å²) < 4.78 is 10.5. The van der Waals surface area contributed by atoms with E-state index < -0.39 is 5.24 Å². The molecule has 0 aliphatic rings. The standard InChI is InChI=1S/C15H17NO3.C2H2Cl2O.C2H6/c1-18-14-7-6-11(15(9-14)19-2)10-16-12-4-3-5-13(17)8-12;3-1-2(4)5;1-2/h3-9,16-17H,10H2,1-2H3;1H2;1-2H3. The minimum Gasteiger partial charge on any atom is -0.508 e. The number of carbonyl (C=O) groups excluding carboxylic acids is 1. The number of methoxy groups -OCH3 is 2. The Labute approximate surface area is 164 Å². The monoisotopic (exact) mass is 401 g/mol. The predicted molar refractivity (Wildman–Crippen MR) is 108 cm³/mol. The molecule has 7 heteroatoms. The average molecular weight is 402 g/mol. The Balaban J connectivity index is 0.000000772. The molecule has 26 heavy (non-hydrogen) atoms. The maximum absolute atomic E-state index is 9.45. The Morgan fingerprint density at radius 2 is 1.77 bits per heavy atom. The number of benzene rings is 2. The molecule has 0 heterocycles. The van der Waals surface area contributed by atoms with E-state index in [9.17, 15) is 9.90 Å². The lowest BCUT2D eigenvalue weighted by atomic mass is 10.2. The second-order valence-electron chi connectivity index (χ2n) is 4.57. The van der Waals surface area contributed by atoms with E-state index in [1.54, 1.807) is 32.4 Å². The van der Waals surface area contributed by atoms with Gasteiger partial charge in [-0.15, -0.1) is 11.6 Å². The van der Waals surface area contributed by atoms with Crippen LogP contribution in [0.15, 0.2) is 42.5 Å². The summed E-state index contributed by atoms with van der Waals surface area (Å²) in [5.41, 5.74) is 1.88. The van der Waals surface area contributed by atoms with Crippen LogP contribution in [0.5, 0.6) is 17.2 Å². The number of ether oxygens (including phenoxy) is 2. The molecule has 0 unspecified atom stereocenters. The van der Waals surface area contributed by atoms with Crippen LogP contribution in [0.25, 0.3) is 0 Å². The molecule has 0 aromatic heterocycles. The highest BCUT2D eigenvalue weighted by molar-refractivity contribution is 6.67. The molecule has 0 fully saturated rings. The van der Waals surface area contributed by atoms with Crippen LogP contribution >= 0.6 is 23.2 Å². The van der Waals surface area contributed by atoms with E-state index in [1.165, 1.54) is 0 Å². The zero-order chi connectivity index (χ0) is 19.9. The van der Waals surface area contributed by atoms with E-state index in [-0.39, 0.29) is 11.6 Å². The number of phenols is 1. The molecule has 144 valence electrons. The van der Waals surface area contributed by atoms with Crippen molar-refractivity contribution in [3.05, 3.63) is 48.0 Å². The van der Waals surface area contributed by atoms with Gasteiger partial charge in [-0.1, -0.05) is 19.9 Å². The molecule has 0 amide bonds. The predicted octanol–water partition coefficient (Wildman–Crippen LogP) is 5.04. The van der Waals surface area contributed by atoms with Gasteiger partial charge in [0.05, 0.1) is 20.1 Å². The molecular formula is C19H25Cl2NO4. The van der Waals surface area contributed by atoms with Crippen molar-refractivity contribution in [3.63, 3.8) is 0 Å². The van der Waals surface area contributed by atoms with Gasteiger partial charge in [0.2, 0.25) is 5.24 Å². The van der Waals surface area contributed by atoms with Gasteiger partial charge in [-0.3, -0.25) is 4.79 Å². The van der Waals surface area contributed by atoms with Crippen LogP contribution in [0.1, 0.15) is 19.4 Å². The largest absolute Gasteiger partial charge is 0.508 e. The summed E-state index contributed by atoms with van der Waals surface area (Å²) in [6.45, 7) is 4.61. The number of carbonyl (C=O) groups is 1. The summed E-state index contributed by atoms with van der Waals surface area (Å²) in [6.07, 6.45) is 0. The summed E-state index contributed by atoms with van der Waals surface area (Å²) >= 11 is 9.55. The molecule has 0 saturated carbocycles. The van der Waals surface area contributed by atoms with Crippen LogP contribution < -0.4 is 14.8 Å². The molecule has 0 bridgehead atoms. The molecule has 0 saturated heterocycles. The first kappa shape index (κ1) is 23.9. The molecule has 0 aliphatic carbocycles. The molecule has 0 aliphatic heterocycles. The van der Waals surface area contributed by atoms with Gasteiger partial charge in [-0.05, 0) is 35.9 Å². The Morgan fingerprint density at radius 1 is 1.12 bits per heavy atom. The van der Waals surface area contributed by atoms with Crippen LogP contribution in [-0.2, 0) is 11.3 Å². The van der Waals surface area contributed by atoms with Gasteiger partial charge < -0.3 is 19.9 Å². The summed E-state index contributed by atoms with van der Waals surface area (Å²) in [5.74, 6) is 1.68. The number of anilines is 1. The smallest absolute Gasteiger partial charge is 0.236 e. The van der Waals surface area contributed by atoms with E-state index >= 15 is 0 Å². The minimum atomic E-state index is -0.508. The van der Waals surface area contributed by atoms with Crippen molar-refractivity contribution in [2.24, 2.45) is 0 Å². The highest BCUT2D eigenvalue weighted by atomic mass is 35.5. The Hall–Kier alpha value is -2.11. The number of hydrogen-bond acceptors (Lipinski definition) is 5. The number of rotatable bonds is 6. The van der Waals surface area contributed by atoms with Crippen LogP contribution in [0.3, 0.4) is 0 Å². The van der Waals surface area contributed by atoms with Crippen LogP contribution in [0.2, 0.25) is 0 Å². The van der Waals surface area contributed by atoms with Crippen LogP contribution in [0, 0.1) is 0 Å². The van der Waals surface area contributed by atoms with Crippen molar-refractivity contribution < 1.29 is 19.4 Å². The second kappa shape index (κ2) is 14.1. The topological polar surface area (TPSA) is 67.8 Å². The van der Waals surface area contributed by atoms with E-state index in [0.717, 1.165) is 22.7 Å². The number of phenolic OH excluding ortho intramolecular Hbond substituents is 1. The molecular weight excluding hydrogens is 377 g/mol. The molecule has 0 spiro atoms. The van der Waals surface area contributed by atoms with Gasteiger partial charge in [0.1, 0.15) is 17.2 Å². The lowest BCUT2D eigenvalue weighted by Crippen LogP contribution is -2.01. The van der Waals surface area contributed by atoms with Gasteiger partial charge in [0.15, 0.2) is 0 Å². The lowest BCUT2D eigenvalue weighted by Gasteiger charge is -2.12. The van der Waals surface area contributed by atoms with Crippen molar-refractivity contribution in [3.8, 4) is 17.2 Å². The van der Waals surface area contributed by atoms with Crippen LogP contribution in [0.4, 0.5) is 5.69 Å². The van der Waals surface area contributed by atoms with Gasteiger partial charge in [-0.25, -0.2) is 0 Å². The molecule has 0 radical (unpaired) electrons. The molecule has 2 N–H and O–H groups in total. The number of halogens is 2. The zero-order valence-corrected chi connectivity index (χ0v) is 16.9. The third-order valence-corrected chi connectivity index (χ3v) is 3.44. The summed E-state index contributed by atoms with van der Waals surface area (Å²) in [4.78, 5) is 9.45. The fourth-order valence-electron chi connectivity index (χ4n) is 1.81. The zero-order valence-electron chi connectivity index (χ0n) is 15.4. The third-order valence-electron chi connectivity index (χ3n) is 2.93. The average Bonchev–Trinajstić information content (AvgIpc) is 2.68. The third kappa shape index (κ3) is 9.39. The van der Waals surface area contributed by atoms with E-state index in [0.29, 0.717) is 6.54 Å². The normalized spacial score (nSPS) is 9.00. The minimum absolute atomic E-state index is 0.0957. The Kier molecular flexibility index (Phi) is 13.0. The molecule has 0 atom stereocenters. The van der Waals surface area contributed by atoms with Crippen molar-refractivity contribution in [1.82, 2.24) is 0 Å². The maximum atomic E-state index is 9.45. The second-order valence-corrected chi connectivity index (χ2v) is 5.26. The molecule has 5 nitrogen and oxygen atoms in total. The summed E-state index contributed by atoms with van der Waals surface area (Å²) in [5, 5.41) is 12.1. The van der Waals surface area contributed by atoms with E-state index in [1.807, 2.05) is 38.1 Å². The first-order chi connectivity index (χ1) is 12.5. The quantitative estimate of drug-likeness (QED) is 0.524. The molecule has 2 rings (SSSR count). The first-order valence-corrected chi connectivity index (χ1v) is 8.89. The number of aromatic hydroxyl groups is 1. The van der Waals surface area contributed by atoms with E-state index in [2.05, 4.69) is 5.32 Å². The Morgan fingerprint density at radius 3 is 2.27 bits per heavy atom. The van der Waals surface area contributed by atoms with Crippen molar-refractivity contribution in [2.75, 3.05) is 25.4 Å². The highest BCUT2D eigenvalue weighted by Crippen LogP contribution is 2.25. The molecule has 2 aromatic rings. The fraction of sp³-hybridized carbons (Fsp3) is 0.316. The van der Waals surface area contributed by atoms with Gasteiger partial charge in [0.25, 0.3) is 0 Å². The number of nitrogens with one attached hydrogen (secondary N) is 1. The van der Waals surface area contributed by atoms with Gasteiger partial charge in [0, 0.05) is 29.9 Å². The number of alkyl halides is 1. The molecule has 2 aromatic carbocycles. The lowest BCUT2D eigenvalue weighted by molar-refractivity contribution is -0.109. The number of hydrogen-bond donors (Lipinski definition) is 2. The van der Waals surface area contributed by atoms with E-state index in [4.69, 9.17) is 32.7 Å². The summed E-state index contributed by atoms with van der Waals surface area (Å²) in [7, 11) is 3.26.